The molecule has 0 spiro atoms. The molecule has 0 amide bonds. The quantitative estimate of drug-likeness (QED) is 0.362. The highest BCUT2D eigenvalue weighted by molar-refractivity contribution is 5.94. The maximum atomic E-state index is 14.9. The second kappa shape index (κ2) is 7.77. The summed E-state index contributed by atoms with van der Waals surface area (Å²) in [5.41, 5.74) is 1.42. The van der Waals surface area contributed by atoms with Crippen molar-refractivity contribution in [2.45, 2.75) is 5.60 Å². The Hall–Kier alpha value is -3.85. The number of halogens is 1. The van der Waals surface area contributed by atoms with Gasteiger partial charge in [-0.3, -0.25) is 0 Å². The lowest BCUT2D eigenvalue weighted by Crippen LogP contribution is -2.31. The highest BCUT2D eigenvalue weighted by Gasteiger charge is 2.35. The van der Waals surface area contributed by atoms with Crippen LogP contribution in [0, 0.1) is 5.82 Å². The van der Waals surface area contributed by atoms with Crippen LogP contribution in [-0.2, 0) is 5.60 Å². The van der Waals surface area contributed by atoms with Crippen molar-refractivity contribution in [1.82, 2.24) is 0 Å². The molecule has 152 valence electrons. The minimum atomic E-state index is -1.05. The zero-order chi connectivity index (χ0) is 21.3. The molecule has 0 aromatic heterocycles. The summed E-state index contributed by atoms with van der Waals surface area (Å²) in [5.74, 6) is 1.21. The molecule has 0 bridgehead atoms. The average Bonchev–Trinajstić information content (AvgIpc) is 2.83. The van der Waals surface area contributed by atoms with Gasteiger partial charge in [-0.1, -0.05) is 60.7 Å². The highest BCUT2D eigenvalue weighted by atomic mass is 19.1. The van der Waals surface area contributed by atoms with E-state index in [0.29, 0.717) is 11.3 Å². The van der Waals surface area contributed by atoms with Gasteiger partial charge in [-0.2, -0.15) is 0 Å². The maximum Gasteiger partial charge on any atom is 0.174 e. The minimum Gasteiger partial charge on any atom is -0.497 e. The van der Waals surface area contributed by atoms with Crippen LogP contribution in [0.15, 0.2) is 97.1 Å². The van der Waals surface area contributed by atoms with E-state index in [9.17, 15) is 4.39 Å². The Balaban J connectivity index is 1.65. The molecule has 5 rings (SSSR count). The highest BCUT2D eigenvalue weighted by Crippen LogP contribution is 2.42. The van der Waals surface area contributed by atoms with E-state index >= 15 is 0 Å². The predicted octanol–water partition coefficient (Wildman–Crippen LogP) is 7.00. The summed E-state index contributed by atoms with van der Waals surface area (Å²) in [6, 6.07) is 26.6. The van der Waals surface area contributed by atoms with Crippen molar-refractivity contribution < 1.29 is 13.9 Å². The number of hydrogen-bond acceptors (Lipinski definition) is 2. The first-order chi connectivity index (χ1) is 15.2. The summed E-state index contributed by atoms with van der Waals surface area (Å²) in [7, 11) is 1.66. The molecule has 0 aliphatic carbocycles. The third-order valence-electron chi connectivity index (χ3n) is 5.62. The molecular formula is C28H21FO2. The van der Waals surface area contributed by atoms with Crippen LogP contribution >= 0.6 is 0 Å². The van der Waals surface area contributed by atoms with E-state index in [4.69, 9.17) is 9.47 Å². The summed E-state index contributed by atoms with van der Waals surface area (Å²) in [4.78, 5) is 0. The largest absolute Gasteiger partial charge is 0.497 e. The first-order valence-electron chi connectivity index (χ1n) is 10.2. The molecular weight excluding hydrogens is 387 g/mol. The van der Waals surface area contributed by atoms with E-state index in [2.05, 4.69) is 0 Å². The summed E-state index contributed by atoms with van der Waals surface area (Å²) in [6.07, 6.45) is 7.83. The molecule has 2 nitrogen and oxygen atoms in total. The monoisotopic (exact) mass is 408 g/mol. The third kappa shape index (κ3) is 3.49. The van der Waals surface area contributed by atoms with Gasteiger partial charge in [-0.15, -0.1) is 0 Å². The number of hydrogen-bond donors (Lipinski definition) is 0. The van der Waals surface area contributed by atoms with Crippen molar-refractivity contribution in [3.63, 3.8) is 0 Å². The van der Waals surface area contributed by atoms with Crippen LogP contribution in [0.4, 0.5) is 4.39 Å². The van der Waals surface area contributed by atoms with Crippen LogP contribution in [0.25, 0.3) is 22.9 Å². The first kappa shape index (κ1) is 19.1. The maximum absolute atomic E-state index is 14.9. The van der Waals surface area contributed by atoms with Crippen LogP contribution in [0.2, 0.25) is 0 Å². The fourth-order valence-electron chi connectivity index (χ4n) is 4.01. The number of fused-ring (bicyclic) bond motifs is 3. The predicted molar refractivity (Wildman–Crippen MR) is 124 cm³/mol. The Morgan fingerprint density at radius 3 is 2.52 bits per heavy atom. The average molecular weight is 408 g/mol. The van der Waals surface area contributed by atoms with E-state index in [1.54, 1.807) is 19.2 Å². The number of methoxy groups -OCH3 is 1. The van der Waals surface area contributed by atoms with Gasteiger partial charge in [-0.05, 0) is 64.9 Å². The van der Waals surface area contributed by atoms with Gasteiger partial charge in [0.25, 0.3) is 0 Å². The van der Waals surface area contributed by atoms with Crippen LogP contribution < -0.4 is 9.47 Å². The van der Waals surface area contributed by atoms with Crippen LogP contribution in [0.3, 0.4) is 0 Å². The van der Waals surface area contributed by atoms with Gasteiger partial charge in [0, 0.05) is 11.1 Å². The molecule has 4 aromatic rings. The molecule has 0 saturated carbocycles. The molecule has 1 atom stereocenters. The Morgan fingerprint density at radius 1 is 0.903 bits per heavy atom. The van der Waals surface area contributed by atoms with Gasteiger partial charge >= 0.3 is 0 Å². The summed E-state index contributed by atoms with van der Waals surface area (Å²) < 4.78 is 26.8. The van der Waals surface area contributed by atoms with Crippen LogP contribution in [0.1, 0.15) is 16.7 Å². The molecule has 0 fully saturated rings. The van der Waals surface area contributed by atoms with Gasteiger partial charge in [-0.25, -0.2) is 4.39 Å². The van der Waals surface area contributed by atoms with Crippen LogP contribution in [-0.4, -0.2) is 7.11 Å². The number of rotatable bonds is 4. The standard InChI is InChI=1S/C28H21FO2/c1-30-22-12-13-23-21(19-22)11-14-27-24(23)16-18-28(31-27,25-9-5-6-10-26(25)29)17-15-20-7-3-2-4-8-20/h2-19H,1H3/b17-15+. The zero-order valence-corrected chi connectivity index (χ0v) is 17.1. The fraction of sp³-hybridized carbons (Fsp3) is 0.0714. The molecule has 31 heavy (non-hydrogen) atoms. The molecule has 1 heterocycles. The van der Waals surface area contributed by atoms with Crippen molar-refractivity contribution in [3.8, 4) is 11.5 Å². The summed E-state index contributed by atoms with van der Waals surface area (Å²) >= 11 is 0. The van der Waals surface area contributed by atoms with Gasteiger partial charge < -0.3 is 9.47 Å². The Labute approximate surface area is 180 Å². The lowest BCUT2D eigenvalue weighted by atomic mass is 9.87. The summed E-state index contributed by atoms with van der Waals surface area (Å²) in [6.45, 7) is 0. The number of ether oxygens (including phenoxy) is 2. The van der Waals surface area contributed by atoms with Gasteiger partial charge in [0.05, 0.1) is 7.11 Å². The van der Waals surface area contributed by atoms with Crippen molar-refractivity contribution in [3.05, 3.63) is 120 Å². The fourth-order valence-corrected chi connectivity index (χ4v) is 4.01. The molecule has 1 aliphatic heterocycles. The van der Waals surface area contributed by atoms with Gasteiger partial charge in [0.15, 0.2) is 5.60 Å². The van der Waals surface area contributed by atoms with Crippen molar-refractivity contribution in [2.24, 2.45) is 0 Å². The minimum absolute atomic E-state index is 0.307. The second-order valence-electron chi connectivity index (χ2n) is 7.52. The van der Waals surface area contributed by atoms with Gasteiger partial charge in [0.2, 0.25) is 0 Å². The zero-order valence-electron chi connectivity index (χ0n) is 17.1. The molecule has 0 N–H and O–H groups in total. The van der Waals surface area contributed by atoms with Crippen molar-refractivity contribution in [2.75, 3.05) is 7.11 Å². The van der Waals surface area contributed by atoms with Crippen molar-refractivity contribution in [1.29, 1.82) is 0 Å². The van der Waals surface area contributed by atoms with E-state index in [0.717, 1.165) is 27.6 Å². The lowest BCUT2D eigenvalue weighted by molar-refractivity contribution is 0.166. The molecule has 0 saturated heterocycles. The topological polar surface area (TPSA) is 18.5 Å². The normalized spacial score (nSPS) is 17.5. The van der Waals surface area contributed by atoms with E-state index < -0.39 is 5.60 Å². The Bertz CT molecular complexity index is 1310. The Morgan fingerprint density at radius 2 is 1.71 bits per heavy atom. The third-order valence-corrected chi connectivity index (χ3v) is 5.62. The molecule has 0 radical (unpaired) electrons. The molecule has 1 unspecified atom stereocenters. The number of benzene rings is 4. The molecule has 1 aliphatic rings. The SMILES string of the molecule is COc1ccc2c3c(ccc2c1)OC(/C=C/c1ccccc1)(c1ccccc1F)C=C3. The lowest BCUT2D eigenvalue weighted by Gasteiger charge is -2.33. The van der Waals surface area contributed by atoms with E-state index in [1.807, 2.05) is 91.0 Å². The van der Waals surface area contributed by atoms with Crippen LogP contribution in [0.5, 0.6) is 11.5 Å². The van der Waals surface area contributed by atoms with E-state index in [-0.39, 0.29) is 5.82 Å². The molecule has 3 heteroatoms. The Kier molecular flexibility index (Phi) is 4.79. The first-order valence-corrected chi connectivity index (χ1v) is 10.2. The molecule has 4 aromatic carbocycles. The van der Waals surface area contributed by atoms with Gasteiger partial charge in [0.1, 0.15) is 17.3 Å². The second-order valence-corrected chi connectivity index (χ2v) is 7.52. The summed E-state index contributed by atoms with van der Waals surface area (Å²) in [5, 5.41) is 2.12. The van der Waals surface area contributed by atoms with E-state index in [1.165, 1.54) is 6.07 Å². The smallest absolute Gasteiger partial charge is 0.174 e. The van der Waals surface area contributed by atoms with Crippen molar-refractivity contribution >= 4 is 22.9 Å².